The zero-order valence-corrected chi connectivity index (χ0v) is 18.5. The summed E-state index contributed by atoms with van der Waals surface area (Å²) in [6.07, 6.45) is 2.86. The van der Waals surface area contributed by atoms with Gasteiger partial charge in [0.2, 0.25) is 5.91 Å². The lowest BCUT2D eigenvalue weighted by molar-refractivity contribution is -0.129. The van der Waals surface area contributed by atoms with Crippen LogP contribution in [0.2, 0.25) is 0 Å². The lowest BCUT2D eigenvalue weighted by atomic mass is 9.97. The average molecular weight is 449 g/mol. The summed E-state index contributed by atoms with van der Waals surface area (Å²) in [7, 11) is -2.40. The van der Waals surface area contributed by atoms with E-state index in [-0.39, 0.29) is 11.9 Å². The summed E-state index contributed by atoms with van der Waals surface area (Å²) < 4.78 is 31.3. The van der Waals surface area contributed by atoms with Gasteiger partial charge in [-0.3, -0.25) is 9.32 Å². The van der Waals surface area contributed by atoms with Gasteiger partial charge in [-0.2, -0.15) is 0 Å². The van der Waals surface area contributed by atoms with Crippen LogP contribution in [0, 0.1) is 0 Å². The Kier molecular flexibility index (Phi) is 6.74. The average Bonchev–Trinajstić information content (AvgIpc) is 2.80. The SMILES string of the molecule is CN1C(=O)C=C[C@H](OP(=O)(Oc2ccccc2)Oc2ccccc2)[C@@H]1Cc1ccccc1. The Labute approximate surface area is 187 Å². The smallest absolute Gasteiger partial charge is 0.395 e. The molecular formula is C25H24NO5P. The fourth-order valence-corrected chi connectivity index (χ4v) is 4.84. The van der Waals surface area contributed by atoms with E-state index in [1.165, 1.54) is 6.08 Å². The van der Waals surface area contributed by atoms with Gasteiger partial charge in [0.15, 0.2) is 0 Å². The third-order valence-corrected chi connectivity index (χ3v) is 6.48. The van der Waals surface area contributed by atoms with E-state index >= 15 is 0 Å². The van der Waals surface area contributed by atoms with Crippen LogP contribution in [0.3, 0.4) is 0 Å². The van der Waals surface area contributed by atoms with Crippen LogP contribution in [0.25, 0.3) is 0 Å². The zero-order valence-electron chi connectivity index (χ0n) is 17.6. The second kappa shape index (κ2) is 9.86. The predicted molar refractivity (Wildman–Crippen MR) is 122 cm³/mol. The van der Waals surface area contributed by atoms with Crippen molar-refractivity contribution in [3.63, 3.8) is 0 Å². The largest absolute Gasteiger partial charge is 0.588 e. The molecule has 6 nitrogen and oxygen atoms in total. The fourth-order valence-electron chi connectivity index (χ4n) is 3.45. The van der Waals surface area contributed by atoms with Gasteiger partial charge in [0.05, 0.1) is 6.04 Å². The number of carbonyl (C=O) groups excluding carboxylic acids is 1. The lowest BCUT2D eigenvalue weighted by Crippen LogP contribution is -2.48. The Morgan fingerprint density at radius 1 is 0.812 bits per heavy atom. The topological polar surface area (TPSA) is 65.1 Å². The van der Waals surface area contributed by atoms with Crippen LogP contribution in [0.1, 0.15) is 5.56 Å². The van der Waals surface area contributed by atoms with Crippen molar-refractivity contribution in [1.29, 1.82) is 0 Å². The second-order valence-electron chi connectivity index (χ2n) is 7.39. The highest BCUT2D eigenvalue weighted by Gasteiger charge is 2.40. The van der Waals surface area contributed by atoms with Gasteiger partial charge in [0.25, 0.3) is 0 Å². The minimum Gasteiger partial charge on any atom is -0.395 e. The molecule has 1 aliphatic heterocycles. The molecule has 4 rings (SSSR count). The van der Waals surface area contributed by atoms with Gasteiger partial charge in [-0.25, -0.2) is 4.57 Å². The van der Waals surface area contributed by atoms with Crippen molar-refractivity contribution < 1.29 is 22.9 Å². The minimum atomic E-state index is -4.11. The van der Waals surface area contributed by atoms with Crippen LogP contribution in [-0.4, -0.2) is 30.0 Å². The molecule has 1 amide bonds. The molecular weight excluding hydrogens is 425 g/mol. The number of phosphoric ester groups is 1. The summed E-state index contributed by atoms with van der Waals surface area (Å²) in [5.41, 5.74) is 1.03. The fraction of sp³-hybridized carbons (Fsp3) is 0.160. The van der Waals surface area contributed by atoms with Crippen molar-refractivity contribution in [2.24, 2.45) is 0 Å². The third-order valence-electron chi connectivity index (χ3n) is 5.11. The molecule has 0 bridgehead atoms. The van der Waals surface area contributed by atoms with E-state index in [0.717, 1.165) is 5.56 Å². The van der Waals surface area contributed by atoms with Crippen molar-refractivity contribution in [2.75, 3.05) is 7.05 Å². The first kappa shape index (κ1) is 21.9. The Morgan fingerprint density at radius 2 is 1.31 bits per heavy atom. The maximum absolute atomic E-state index is 13.8. The molecule has 0 saturated heterocycles. The number of hydrogen-bond acceptors (Lipinski definition) is 5. The quantitative estimate of drug-likeness (QED) is 0.438. The molecule has 0 unspecified atom stereocenters. The van der Waals surface area contributed by atoms with Crippen LogP contribution in [-0.2, 0) is 20.3 Å². The van der Waals surface area contributed by atoms with Gasteiger partial charge in [0.1, 0.15) is 17.6 Å². The molecule has 3 aromatic rings. The van der Waals surface area contributed by atoms with Gasteiger partial charge in [-0.1, -0.05) is 66.7 Å². The van der Waals surface area contributed by atoms with Crippen molar-refractivity contribution >= 4 is 13.7 Å². The maximum atomic E-state index is 13.8. The summed E-state index contributed by atoms with van der Waals surface area (Å²) in [5, 5.41) is 0. The normalized spacial score (nSPS) is 18.4. The molecule has 0 aliphatic carbocycles. The standard InChI is InChI=1S/C25H24NO5P/c1-26-23(19-20-11-5-2-6-12-20)24(17-18-25(26)27)31-32(28,29-21-13-7-3-8-14-21)30-22-15-9-4-10-16-22/h2-18,23-24H,19H2,1H3/t23-,24-/m0/s1. The number of phosphoric acid groups is 1. The molecule has 0 N–H and O–H groups in total. The summed E-state index contributed by atoms with van der Waals surface area (Å²) >= 11 is 0. The van der Waals surface area contributed by atoms with Gasteiger partial charge in [-0.15, -0.1) is 0 Å². The van der Waals surface area contributed by atoms with Crippen LogP contribution in [0.4, 0.5) is 0 Å². The highest BCUT2D eigenvalue weighted by molar-refractivity contribution is 7.49. The molecule has 32 heavy (non-hydrogen) atoms. The van der Waals surface area contributed by atoms with E-state index in [1.807, 2.05) is 42.5 Å². The molecule has 0 saturated carbocycles. The highest BCUT2D eigenvalue weighted by Crippen LogP contribution is 2.51. The maximum Gasteiger partial charge on any atom is 0.588 e. The number of nitrogens with zero attached hydrogens (tertiary/aromatic N) is 1. The number of hydrogen-bond donors (Lipinski definition) is 0. The molecule has 164 valence electrons. The van der Waals surface area contributed by atoms with Gasteiger partial charge in [-0.05, 0) is 42.3 Å². The van der Waals surface area contributed by atoms with Crippen molar-refractivity contribution in [3.05, 3.63) is 109 Å². The molecule has 0 spiro atoms. The monoisotopic (exact) mass is 449 g/mol. The number of benzene rings is 3. The number of amides is 1. The Bertz CT molecular complexity index is 1060. The van der Waals surface area contributed by atoms with E-state index < -0.39 is 13.9 Å². The van der Waals surface area contributed by atoms with E-state index in [9.17, 15) is 9.36 Å². The van der Waals surface area contributed by atoms with Crippen LogP contribution in [0.15, 0.2) is 103 Å². The molecule has 0 radical (unpaired) electrons. The van der Waals surface area contributed by atoms with Crippen LogP contribution < -0.4 is 9.05 Å². The van der Waals surface area contributed by atoms with E-state index in [4.69, 9.17) is 13.6 Å². The Hall–Kier alpha value is -3.34. The summed E-state index contributed by atoms with van der Waals surface area (Å²) in [6, 6.07) is 26.8. The van der Waals surface area contributed by atoms with E-state index in [2.05, 4.69) is 0 Å². The van der Waals surface area contributed by atoms with Gasteiger partial charge < -0.3 is 13.9 Å². The Balaban J connectivity index is 1.63. The van der Waals surface area contributed by atoms with Crippen molar-refractivity contribution in [3.8, 4) is 11.5 Å². The van der Waals surface area contributed by atoms with E-state index in [1.54, 1.807) is 66.6 Å². The number of rotatable bonds is 8. The number of likely N-dealkylation sites (N-methyl/N-ethyl adjacent to an activating group) is 1. The van der Waals surface area contributed by atoms with Crippen molar-refractivity contribution in [1.82, 2.24) is 4.90 Å². The first-order chi connectivity index (χ1) is 15.5. The number of para-hydroxylation sites is 2. The molecule has 7 heteroatoms. The molecule has 2 atom stereocenters. The third kappa shape index (κ3) is 5.47. The second-order valence-corrected chi connectivity index (χ2v) is 8.86. The lowest BCUT2D eigenvalue weighted by Gasteiger charge is -2.36. The molecule has 1 heterocycles. The molecule has 0 aromatic heterocycles. The van der Waals surface area contributed by atoms with Gasteiger partial charge in [0, 0.05) is 13.1 Å². The zero-order chi connectivity index (χ0) is 22.4. The number of carbonyl (C=O) groups is 1. The predicted octanol–water partition coefficient (Wildman–Crippen LogP) is 5.28. The Morgan fingerprint density at radius 3 is 1.84 bits per heavy atom. The summed E-state index contributed by atoms with van der Waals surface area (Å²) in [6.45, 7) is 0. The summed E-state index contributed by atoms with van der Waals surface area (Å²) in [4.78, 5) is 13.9. The first-order valence-electron chi connectivity index (χ1n) is 10.3. The van der Waals surface area contributed by atoms with E-state index in [0.29, 0.717) is 17.9 Å². The summed E-state index contributed by atoms with van der Waals surface area (Å²) in [5.74, 6) is 0.569. The highest BCUT2D eigenvalue weighted by atomic mass is 31.2. The van der Waals surface area contributed by atoms with Crippen molar-refractivity contribution in [2.45, 2.75) is 18.6 Å². The van der Waals surface area contributed by atoms with Crippen LogP contribution in [0.5, 0.6) is 11.5 Å². The first-order valence-corrected chi connectivity index (χ1v) is 11.8. The van der Waals surface area contributed by atoms with Gasteiger partial charge >= 0.3 is 7.82 Å². The molecule has 0 fully saturated rings. The molecule has 3 aromatic carbocycles. The van der Waals surface area contributed by atoms with Crippen LogP contribution >= 0.6 is 7.82 Å². The minimum absolute atomic E-state index is 0.145. The molecule has 1 aliphatic rings.